The standard InChI is InChI=1S/C24H32N6O5/c1-5-14(11-31)30-19(21(33)26-12-29-16-9-7-6-8-15(16)27-28-29)24-10-13(2)23(3,35-24)17(20(32)25-4)18(24)22(30)34/h6-9,13-14,17-19,31H,5,10-12H2,1-4H3,(H,25,32)(H,26,33)/t13?,14-,17+,18-,19?,23-,24?/m0/s1. The van der Waals surface area contributed by atoms with Crippen molar-refractivity contribution in [3.63, 3.8) is 0 Å². The molecule has 0 saturated carbocycles. The van der Waals surface area contributed by atoms with E-state index in [0.717, 1.165) is 5.52 Å². The van der Waals surface area contributed by atoms with Crippen molar-refractivity contribution in [2.75, 3.05) is 13.7 Å². The fraction of sp³-hybridized carbons (Fsp3) is 0.625. The number of hydrogen-bond acceptors (Lipinski definition) is 7. The van der Waals surface area contributed by atoms with Gasteiger partial charge >= 0.3 is 0 Å². The summed E-state index contributed by atoms with van der Waals surface area (Å²) >= 11 is 0. The Kier molecular flexibility index (Phi) is 5.59. The van der Waals surface area contributed by atoms with E-state index in [1.165, 1.54) is 4.90 Å². The molecule has 0 aliphatic carbocycles. The van der Waals surface area contributed by atoms with E-state index in [2.05, 4.69) is 20.9 Å². The van der Waals surface area contributed by atoms with Crippen LogP contribution < -0.4 is 10.6 Å². The summed E-state index contributed by atoms with van der Waals surface area (Å²) in [5, 5.41) is 23.9. The zero-order valence-corrected chi connectivity index (χ0v) is 20.4. The van der Waals surface area contributed by atoms with Crippen LogP contribution in [0.15, 0.2) is 24.3 Å². The van der Waals surface area contributed by atoms with Gasteiger partial charge in [-0.3, -0.25) is 14.4 Å². The van der Waals surface area contributed by atoms with E-state index in [9.17, 15) is 19.5 Å². The summed E-state index contributed by atoms with van der Waals surface area (Å²) in [5.74, 6) is -2.56. The molecule has 3 N–H and O–H groups in total. The van der Waals surface area contributed by atoms with E-state index in [0.29, 0.717) is 18.4 Å². The van der Waals surface area contributed by atoms with Gasteiger partial charge < -0.3 is 25.4 Å². The summed E-state index contributed by atoms with van der Waals surface area (Å²) in [4.78, 5) is 42.2. The maximum absolute atomic E-state index is 13.9. The predicted molar refractivity (Wildman–Crippen MR) is 125 cm³/mol. The number of amides is 3. The van der Waals surface area contributed by atoms with Gasteiger partial charge in [0.25, 0.3) is 0 Å². The van der Waals surface area contributed by atoms with Crippen molar-refractivity contribution in [1.82, 2.24) is 30.5 Å². The molecule has 0 radical (unpaired) electrons. The van der Waals surface area contributed by atoms with Gasteiger partial charge in [0, 0.05) is 7.05 Å². The molecule has 3 fully saturated rings. The van der Waals surface area contributed by atoms with Gasteiger partial charge in [0.05, 0.1) is 35.6 Å². The monoisotopic (exact) mass is 484 g/mol. The molecular formula is C24H32N6O5. The van der Waals surface area contributed by atoms with Crippen molar-refractivity contribution < 1.29 is 24.2 Å². The number of benzene rings is 1. The summed E-state index contributed by atoms with van der Waals surface area (Å²) in [7, 11) is 1.54. The Morgan fingerprint density at radius 3 is 2.74 bits per heavy atom. The van der Waals surface area contributed by atoms with Crippen LogP contribution in [0.1, 0.15) is 33.6 Å². The number of hydrogen-bond donors (Lipinski definition) is 3. The highest BCUT2D eigenvalue weighted by molar-refractivity contribution is 5.99. The van der Waals surface area contributed by atoms with Crippen molar-refractivity contribution >= 4 is 28.8 Å². The van der Waals surface area contributed by atoms with Gasteiger partial charge in [-0.05, 0) is 37.8 Å². The molecule has 1 aromatic heterocycles. The molecular weight excluding hydrogens is 452 g/mol. The molecule has 4 heterocycles. The van der Waals surface area contributed by atoms with Crippen LogP contribution in [0.25, 0.3) is 11.0 Å². The molecule has 11 nitrogen and oxygen atoms in total. The average Bonchev–Trinajstić information content (AvgIpc) is 3.52. The second kappa shape index (κ2) is 8.27. The number of fused-ring (bicyclic) bond motifs is 2. The van der Waals surface area contributed by atoms with Gasteiger partial charge in [-0.15, -0.1) is 5.10 Å². The molecule has 188 valence electrons. The van der Waals surface area contributed by atoms with E-state index in [-0.39, 0.29) is 31.0 Å². The van der Waals surface area contributed by atoms with Gasteiger partial charge in [-0.25, -0.2) is 4.68 Å². The van der Waals surface area contributed by atoms with Gasteiger partial charge in [-0.1, -0.05) is 31.2 Å². The first-order valence-electron chi connectivity index (χ1n) is 12.1. The number of nitrogens with zero attached hydrogens (tertiary/aromatic N) is 4. The molecule has 2 bridgehead atoms. The smallest absolute Gasteiger partial charge is 0.247 e. The quantitative estimate of drug-likeness (QED) is 0.504. The number of likely N-dealkylation sites (tertiary alicyclic amines) is 1. The molecule has 2 aromatic rings. The van der Waals surface area contributed by atoms with Gasteiger partial charge in [-0.2, -0.15) is 0 Å². The van der Waals surface area contributed by atoms with Crippen LogP contribution in [0.5, 0.6) is 0 Å². The van der Waals surface area contributed by atoms with Crippen LogP contribution in [0.3, 0.4) is 0 Å². The molecule has 3 aliphatic heterocycles. The molecule has 3 aliphatic rings. The Morgan fingerprint density at radius 2 is 2.06 bits per heavy atom. The van der Waals surface area contributed by atoms with Crippen molar-refractivity contribution in [2.45, 2.75) is 63.6 Å². The second-order valence-corrected chi connectivity index (χ2v) is 10.1. The Bertz CT molecular complexity index is 1180. The maximum Gasteiger partial charge on any atom is 0.247 e. The van der Waals surface area contributed by atoms with Crippen molar-refractivity contribution in [3.05, 3.63) is 24.3 Å². The van der Waals surface area contributed by atoms with E-state index < -0.39 is 41.0 Å². The van der Waals surface area contributed by atoms with E-state index in [1.807, 2.05) is 45.0 Å². The largest absolute Gasteiger partial charge is 0.394 e. The number of aliphatic hydroxyl groups is 1. The fourth-order valence-electron chi connectivity index (χ4n) is 6.62. The van der Waals surface area contributed by atoms with E-state index in [1.54, 1.807) is 11.7 Å². The number of aromatic nitrogens is 3. The molecule has 3 amide bonds. The number of carbonyl (C=O) groups is 3. The molecule has 1 aromatic carbocycles. The number of ether oxygens (including phenoxy) is 1. The molecule has 35 heavy (non-hydrogen) atoms. The summed E-state index contributed by atoms with van der Waals surface area (Å²) in [5.41, 5.74) is -0.547. The number of carbonyl (C=O) groups excluding carboxylic acids is 3. The number of para-hydroxylation sites is 1. The van der Waals surface area contributed by atoms with Crippen LogP contribution in [-0.4, -0.2) is 79.7 Å². The molecule has 5 rings (SSSR count). The normalized spacial score (nSPS) is 34.3. The molecule has 3 unspecified atom stereocenters. The lowest BCUT2D eigenvalue weighted by Gasteiger charge is -2.36. The highest BCUT2D eigenvalue weighted by Gasteiger charge is 2.80. The zero-order chi connectivity index (χ0) is 25.1. The SMILES string of the molecule is CC[C@@H](CO)N1C(=O)[C@@H]2[C@H](C(=O)NC)[C@@]3(C)OC2(CC3C)C1C(=O)NCn1nnc2ccccc21. The van der Waals surface area contributed by atoms with Crippen LogP contribution in [0, 0.1) is 17.8 Å². The Morgan fingerprint density at radius 1 is 1.31 bits per heavy atom. The summed E-state index contributed by atoms with van der Waals surface area (Å²) in [6.45, 7) is 5.48. The van der Waals surface area contributed by atoms with Crippen LogP contribution in [0.4, 0.5) is 0 Å². The number of aliphatic hydroxyl groups excluding tert-OH is 1. The van der Waals surface area contributed by atoms with Crippen LogP contribution >= 0.6 is 0 Å². The number of rotatable bonds is 7. The van der Waals surface area contributed by atoms with E-state index in [4.69, 9.17) is 4.74 Å². The second-order valence-electron chi connectivity index (χ2n) is 10.1. The Hall–Kier alpha value is -3.05. The lowest BCUT2D eigenvalue weighted by atomic mass is 9.62. The highest BCUT2D eigenvalue weighted by atomic mass is 16.5. The summed E-state index contributed by atoms with van der Waals surface area (Å²) in [6, 6.07) is 5.87. The minimum absolute atomic E-state index is 0.0439. The molecule has 1 spiro atoms. The average molecular weight is 485 g/mol. The third-order valence-electron chi connectivity index (χ3n) is 8.43. The third-order valence-corrected chi connectivity index (χ3v) is 8.43. The van der Waals surface area contributed by atoms with Crippen LogP contribution in [-0.2, 0) is 25.8 Å². The van der Waals surface area contributed by atoms with Gasteiger partial charge in [0.2, 0.25) is 17.7 Å². The van der Waals surface area contributed by atoms with Crippen molar-refractivity contribution in [1.29, 1.82) is 0 Å². The minimum atomic E-state index is -1.15. The summed E-state index contributed by atoms with van der Waals surface area (Å²) in [6.07, 6.45) is 0.927. The lowest BCUT2D eigenvalue weighted by molar-refractivity contribution is -0.151. The lowest BCUT2D eigenvalue weighted by Crippen LogP contribution is -2.58. The third kappa shape index (κ3) is 3.14. The van der Waals surface area contributed by atoms with E-state index >= 15 is 0 Å². The van der Waals surface area contributed by atoms with Crippen LogP contribution in [0.2, 0.25) is 0 Å². The first-order chi connectivity index (χ1) is 16.7. The van der Waals surface area contributed by atoms with Gasteiger partial charge in [0.15, 0.2) is 0 Å². The zero-order valence-electron chi connectivity index (χ0n) is 20.4. The predicted octanol–water partition coefficient (Wildman–Crippen LogP) is 0.0326. The Balaban J connectivity index is 1.52. The first kappa shape index (κ1) is 23.7. The topological polar surface area (TPSA) is 139 Å². The molecule has 11 heteroatoms. The Labute approximate surface area is 203 Å². The first-order valence-corrected chi connectivity index (χ1v) is 12.1. The number of nitrogens with one attached hydrogen (secondary N) is 2. The maximum atomic E-state index is 13.9. The molecule has 3 saturated heterocycles. The summed E-state index contributed by atoms with van der Waals surface area (Å²) < 4.78 is 8.18. The molecule has 7 atom stereocenters. The van der Waals surface area contributed by atoms with Crippen molar-refractivity contribution in [3.8, 4) is 0 Å². The van der Waals surface area contributed by atoms with Crippen molar-refractivity contribution in [2.24, 2.45) is 17.8 Å². The fourth-order valence-corrected chi connectivity index (χ4v) is 6.62. The highest BCUT2D eigenvalue weighted by Crippen LogP contribution is 2.65. The van der Waals surface area contributed by atoms with Gasteiger partial charge in [0.1, 0.15) is 23.8 Å². The minimum Gasteiger partial charge on any atom is -0.394 e.